The minimum absolute atomic E-state index is 0.354. The molecule has 122 valence electrons. The topological polar surface area (TPSA) is 55.4 Å². The molecule has 0 aliphatic carbocycles. The van der Waals surface area contributed by atoms with E-state index in [1.54, 1.807) is 6.08 Å². The van der Waals surface area contributed by atoms with Crippen LogP contribution in [0.5, 0.6) is 5.75 Å². The standard InChI is InChI=1S/C17H11Br2NO3S/c18-12-6-11(8-14-16(21)20-17(22)24-14)7-13(19)15(12)23-9-10-4-2-1-3-5-10/h1-8H,9H2,(H,20,21,22)/b14-8-. The van der Waals surface area contributed by atoms with Gasteiger partial charge in [0.25, 0.3) is 11.1 Å². The predicted molar refractivity (Wildman–Crippen MR) is 102 cm³/mol. The monoisotopic (exact) mass is 467 g/mol. The second kappa shape index (κ2) is 7.55. The summed E-state index contributed by atoms with van der Waals surface area (Å²) < 4.78 is 7.38. The van der Waals surface area contributed by atoms with Gasteiger partial charge in [-0.2, -0.15) is 0 Å². The molecular formula is C17H11Br2NO3S. The van der Waals surface area contributed by atoms with Gasteiger partial charge in [-0.05, 0) is 73.0 Å². The number of carbonyl (C=O) groups is 2. The number of halogens is 2. The summed E-state index contributed by atoms with van der Waals surface area (Å²) in [7, 11) is 0. The molecule has 1 saturated heterocycles. The number of hydrogen-bond acceptors (Lipinski definition) is 4. The van der Waals surface area contributed by atoms with Gasteiger partial charge >= 0.3 is 0 Å². The van der Waals surface area contributed by atoms with Gasteiger partial charge in [0, 0.05) is 0 Å². The van der Waals surface area contributed by atoms with Crippen molar-refractivity contribution in [2.24, 2.45) is 0 Å². The Hall–Kier alpha value is -1.57. The average molecular weight is 469 g/mol. The van der Waals surface area contributed by atoms with Crippen LogP contribution in [0.2, 0.25) is 0 Å². The minimum Gasteiger partial charge on any atom is -0.487 e. The molecule has 2 aromatic rings. The van der Waals surface area contributed by atoms with Crippen LogP contribution in [0.15, 0.2) is 56.3 Å². The number of rotatable bonds is 4. The van der Waals surface area contributed by atoms with Gasteiger partial charge in [0.05, 0.1) is 13.9 Å². The molecule has 2 aromatic carbocycles. The second-order valence-corrected chi connectivity index (χ2v) is 7.66. The van der Waals surface area contributed by atoms with E-state index >= 15 is 0 Å². The van der Waals surface area contributed by atoms with E-state index in [0.29, 0.717) is 17.3 Å². The highest BCUT2D eigenvalue weighted by molar-refractivity contribution is 9.11. The van der Waals surface area contributed by atoms with E-state index in [1.165, 1.54) is 0 Å². The molecule has 7 heteroatoms. The molecule has 24 heavy (non-hydrogen) atoms. The smallest absolute Gasteiger partial charge is 0.290 e. The van der Waals surface area contributed by atoms with Crippen molar-refractivity contribution in [2.75, 3.05) is 0 Å². The highest BCUT2D eigenvalue weighted by atomic mass is 79.9. The van der Waals surface area contributed by atoms with Gasteiger partial charge in [0.1, 0.15) is 12.4 Å². The molecule has 0 aromatic heterocycles. The lowest BCUT2D eigenvalue weighted by molar-refractivity contribution is -0.115. The number of hydrogen-bond donors (Lipinski definition) is 1. The van der Waals surface area contributed by atoms with Crippen molar-refractivity contribution in [1.29, 1.82) is 0 Å². The lowest BCUT2D eigenvalue weighted by atomic mass is 10.2. The van der Waals surface area contributed by atoms with E-state index in [2.05, 4.69) is 37.2 Å². The first-order valence-corrected chi connectivity index (χ1v) is 9.34. The fourth-order valence-corrected chi connectivity index (χ4v) is 4.24. The third kappa shape index (κ3) is 4.09. The molecular weight excluding hydrogens is 458 g/mol. The zero-order valence-electron chi connectivity index (χ0n) is 12.2. The summed E-state index contributed by atoms with van der Waals surface area (Å²) in [5, 5.41) is 1.88. The summed E-state index contributed by atoms with van der Waals surface area (Å²) >= 11 is 7.87. The van der Waals surface area contributed by atoms with Crippen LogP contribution in [0.4, 0.5) is 4.79 Å². The van der Waals surface area contributed by atoms with E-state index in [-0.39, 0.29) is 11.1 Å². The minimum atomic E-state index is -0.373. The van der Waals surface area contributed by atoms with Crippen molar-refractivity contribution in [2.45, 2.75) is 6.61 Å². The van der Waals surface area contributed by atoms with Crippen molar-refractivity contribution in [3.05, 3.63) is 67.4 Å². The van der Waals surface area contributed by atoms with Gasteiger partial charge in [-0.15, -0.1) is 0 Å². The summed E-state index contributed by atoms with van der Waals surface area (Å²) in [6.07, 6.45) is 1.67. The fourth-order valence-electron chi connectivity index (χ4n) is 2.10. The number of thioether (sulfide) groups is 1. The molecule has 3 rings (SSSR count). The SMILES string of the molecule is O=C1NC(=O)/C(=C/c2cc(Br)c(OCc3ccccc3)c(Br)c2)S1. The maximum atomic E-state index is 11.6. The first-order chi connectivity index (χ1) is 11.5. The van der Waals surface area contributed by atoms with Crippen LogP contribution in [-0.2, 0) is 11.4 Å². The largest absolute Gasteiger partial charge is 0.487 e. The van der Waals surface area contributed by atoms with Gasteiger partial charge < -0.3 is 4.74 Å². The number of imide groups is 1. The molecule has 1 N–H and O–H groups in total. The summed E-state index contributed by atoms with van der Waals surface area (Å²) in [5.74, 6) is 0.308. The first kappa shape index (κ1) is 17.3. The second-order valence-electron chi connectivity index (χ2n) is 4.94. The van der Waals surface area contributed by atoms with Crippen molar-refractivity contribution in [3.8, 4) is 5.75 Å². The zero-order chi connectivity index (χ0) is 17.1. The van der Waals surface area contributed by atoms with Crippen LogP contribution in [-0.4, -0.2) is 11.1 Å². The van der Waals surface area contributed by atoms with Gasteiger partial charge in [-0.1, -0.05) is 30.3 Å². The maximum Gasteiger partial charge on any atom is 0.290 e. The third-order valence-electron chi connectivity index (χ3n) is 3.19. The number of nitrogens with one attached hydrogen (secondary N) is 1. The third-order valence-corrected chi connectivity index (χ3v) is 5.18. The predicted octanol–water partition coefficient (Wildman–Crippen LogP) is 5.11. The normalized spacial score (nSPS) is 15.7. The molecule has 0 atom stereocenters. The van der Waals surface area contributed by atoms with Gasteiger partial charge in [0.2, 0.25) is 0 Å². The van der Waals surface area contributed by atoms with Gasteiger partial charge in [0.15, 0.2) is 0 Å². The van der Waals surface area contributed by atoms with Crippen molar-refractivity contribution < 1.29 is 14.3 Å². The van der Waals surface area contributed by atoms with E-state index < -0.39 is 0 Å². The van der Waals surface area contributed by atoms with Crippen molar-refractivity contribution in [1.82, 2.24) is 5.32 Å². The summed E-state index contributed by atoms with van der Waals surface area (Å²) in [6, 6.07) is 13.6. The molecule has 1 aliphatic rings. The Kier molecular flexibility index (Phi) is 5.43. The van der Waals surface area contributed by atoms with E-state index in [9.17, 15) is 9.59 Å². The first-order valence-electron chi connectivity index (χ1n) is 6.93. The van der Waals surface area contributed by atoms with Crippen LogP contribution in [0.1, 0.15) is 11.1 Å². The molecule has 1 fully saturated rings. The Balaban J connectivity index is 1.80. The zero-order valence-corrected chi connectivity index (χ0v) is 16.2. The van der Waals surface area contributed by atoms with Crippen molar-refractivity contribution in [3.63, 3.8) is 0 Å². The van der Waals surface area contributed by atoms with Gasteiger partial charge in [-0.3, -0.25) is 14.9 Å². The number of amides is 2. The Morgan fingerprint density at radius 2 is 1.75 bits per heavy atom. The lowest BCUT2D eigenvalue weighted by Gasteiger charge is -2.11. The Morgan fingerprint density at radius 3 is 2.33 bits per heavy atom. The molecule has 1 aliphatic heterocycles. The van der Waals surface area contributed by atoms with E-state index in [1.807, 2.05) is 42.5 Å². The summed E-state index contributed by atoms with van der Waals surface area (Å²) in [5.41, 5.74) is 1.85. The summed E-state index contributed by atoms with van der Waals surface area (Å²) in [6.45, 7) is 0.450. The quantitative estimate of drug-likeness (QED) is 0.633. The average Bonchev–Trinajstić information content (AvgIpc) is 2.85. The Morgan fingerprint density at radius 1 is 1.08 bits per heavy atom. The van der Waals surface area contributed by atoms with E-state index in [4.69, 9.17) is 4.74 Å². The highest BCUT2D eigenvalue weighted by Gasteiger charge is 2.25. The van der Waals surface area contributed by atoms with Crippen LogP contribution >= 0.6 is 43.6 Å². The van der Waals surface area contributed by atoms with Crippen LogP contribution in [0, 0.1) is 0 Å². The van der Waals surface area contributed by atoms with Crippen molar-refractivity contribution >= 4 is 60.8 Å². The summed E-state index contributed by atoms with van der Waals surface area (Å²) in [4.78, 5) is 23.2. The number of benzene rings is 2. The van der Waals surface area contributed by atoms with Crippen LogP contribution < -0.4 is 10.1 Å². The maximum absolute atomic E-state index is 11.6. The molecule has 4 nitrogen and oxygen atoms in total. The number of carbonyl (C=O) groups excluding carboxylic acids is 2. The molecule has 0 bridgehead atoms. The molecule has 2 amide bonds. The van der Waals surface area contributed by atoms with Crippen LogP contribution in [0.3, 0.4) is 0 Å². The molecule has 0 spiro atoms. The number of ether oxygens (including phenoxy) is 1. The molecule has 1 heterocycles. The highest BCUT2D eigenvalue weighted by Crippen LogP contribution is 2.37. The Labute approximate surface area is 159 Å². The fraction of sp³-hybridized carbons (Fsp3) is 0.0588. The van der Waals surface area contributed by atoms with Crippen LogP contribution in [0.25, 0.3) is 6.08 Å². The molecule has 0 saturated carbocycles. The molecule has 0 radical (unpaired) electrons. The van der Waals surface area contributed by atoms with E-state index in [0.717, 1.165) is 31.8 Å². The lowest BCUT2D eigenvalue weighted by Crippen LogP contribution is -2.17. The van der Waals surface area contributed by atoms with Gasteiger partial charge in [-0.25, -0.2) is 0 Å². The Bertz CT molecular complexity index is 814. The molecule has 0 unspecified atom stereocenters.